The topological polar surface area (TPSA) is 23.5 Å². The Morgan fingerprint density at radius 3 is 2.63 bits per heavy atom. The van der Waals surface area contributed by atoms with Crippen molar-refractivity contribution in [2.75, 3.05) is 19.6 Å². The van der Waals surface area contributed by atoms with Crippen molar-refractivity contribution in [3.05, 3.63) is 29.6 Å². The van der Waals surface area contributed by atoms with Gasteiger partial charge in [0.25, 0.3) is 0 Å². The summed E-state index contributed by atoms with van der Waals surface area (Å²) in [5.74, 6) is 1.36. The summed E-state index contributed by atoms with van der Waals surface area (Å²) in [5, 5.41) is 9.23. The predicted molar refractivity (Wildman–Crippen MR) is 73.8 cm³/mol. The maximum absolute atomic E-state index is 13.4. The SMILES string of the molecule is CC(CN1CC2CCC[C@@H]2C1)c1ccc(O)c(F)c1. The van der Waals surface area contributed by atoms with Crippen LogP contribution in [0.2, 0.25) is 0 Å². The Kier molecular flexibility index (Phi) is 3.48. The average molecular weight is 263 g/mol. The van der Waals surface area contributed by atoms with Crippen LogP contribution < -0.4 is 0 Å². The van der Waals surface area contributed by atoms with Crippen molar-refractivity contribution in [2.24, 2.45) is 11.8 Å². The Balaban J connectivity index is 1.62. The van der Waals surface area contributed by atoms with Gasteiger partial charge in [-0.1, -0.05) is 19.4 Å². The van der Waals surface area contributed by atoms with Gasteiger partial charge in [-0.3, -0.25) is 0 Å². The van der Waals surface area contributed by atoms with Crippen LogP contribution in [0.25, 0.3) is 0 Å². The van der Waals surface area contributed by atoms with E-state index in [2.05, 4.69) is 11.8 Å². The quantitative estimate of drug-likeness (QED) is 0.904. The van der Waals surface area contributed by atoms with Gasteiger partial charge >= 0.3 is 0 Å². The van der Waals surface area contributed by atoms with Gasteiger partial charge in [-0.15, -0.1) is 0 Å². The molecule has 1 aliphatic carbocycles. The van der Waals surface area contributed by atoms with Crippen LogP contribution in [-0.2, 0) is 0 Å². The van der Waals surface area contributed by atoms with Crippen molar-refractivity contribution in [1.82, 2.24) is 4.90 Å². The number of likely N-dealkylation sites (tertiary alicyclic amines) is 1. The summed E-state index contributed by atoms with van der Waals surface area (Å²) in [4.78, 5) is 2.53. The molecule has 19 heavy (non-hydrogen) atoms. The molecule has 0 bridgehead atoms. The van der Waals surface area contributed by atoms with Crippen LogP contribution in [0.5, 0.6) is 5.75 Å². The predicted octanol–water partition coefficient (Wildman–Crippen LogP) is 3.37. The lowest BCUT2D eigenvalue weighted by Crippen LogP contribution is -2.26. The fourth-order valence-electron chi connectivity index (χ4n) is 3.80. The Bertz CT molecular complexity index is 450. The highest BCUT2D eigenvalue weighted by atomic mass is 19.1. The van der Waals surface area contributed by atoms with Gasteiger partial charge in [-0.05, 0) is 48.3 Å². The third kappa shape index (κ3) is 2.62. The number of aromatic hydroxyl groups is 1. The number of fused-ring (bicyclic) bond motifs is 1. The molecule has 2 fully saturated rings. The third-order valence-electron chi connectivity index (χ3n) is 4.87. The zero-order chi connectivity index (χ0) is 13.4. The summed E-state index contributed by atoms with van der Waals surface area (Å²) in [7, 11) is 0. The van der Waals surface area contributed by atoms with E-state index in [1.165, 1.54) is 44.5 Å². The molecule has 2 unspecified atom stereocenters. The van der Waals surface area contributed by atoms with Gasteiger partial charge < -0.3 is 10.0 Å². The summed E-state index contributed by atoms with van der Waals surface area (Å²) < 4.78 is 13.4. The van der Waals surface area contributed by atoms with Crippen molar-refractivity contribution in [3.63, 3.8) is 0 Å². The molecule has 0 amide bonds. The van der Waals surface area contributed by atoms with Crippen LogP contribution >= 0.6 is 0 Å². The van der Waals surface area contributed by atoms with Gasteiger partial charge in [0, 0.05) is 19.6 Å². The number of phenols is 1. The number of rotatable bonds is 3. The summed E-state index contributed by atoms with van der Waals surface area (Å²) in [6.07, 6.45) is 4.19. The molecule has 3 atom stereocenters. The van der Waals surface area contributed by atoms with Gasteiger partial charge in [0.05, 0.1) is 0 Å². The molecule has 3 rings (SSSR count). The van der Waals surface area contributed by atoms with Crippen molar-refractivity contribution in [2.45, 2.75) is 32.1 Å². The van der Waals surface area contributed by atoms with E-state index in [9.17, 15) is 9.50 Å². The second kappa shape index (κ2) is 5.12. The van der Waals surface area contributed by atoms with Crippen LogP contribution in [0.15, 0.2) is 18.2 Å². The Morgan fingerprint density at radius 1 is 1.32 bits per heavy atom. The average Bonchev–Trinajstić information content (AvgIpc) is 2.93. The molecule has 2 aliphatic rings. The number of benzene rings is 1. The minimum Gasteiger partial charge on any atom is -0.505 e. The number of nitrogens with zero attached hydrogens (tertiary/aromatic N) is 1. The van der Waals surface area contributed by atoms with Gasteiger partial charge in [0.2, 0.25) is 0 Å². The molecule has 1 saturated heterocycles. The highest BCUT2D eigenvalue weighted by molar-refractivity contribution is 5.30. The van der Waals surface area contributed by atoms with E-state index in [0.29, 0.717) is 5.92 Å². The Morgan fingerprint density at radius 2 is 2.00 bits per heavy atom. The zero-order valence-corrected chi connectivity index (χ0v) is 11.5. The van der Waals surface area contributed by atoms with Crippen LogP contribution in [0, 0.1) is 17.7 Å². The molecule has 1 aromatic carbocycles. The maximum atomic E-state index is 13.4. The number of phenolic OH excluding ortho intramolecular Hbond substituents is 1. The van der Waals surface area contributed by atoms with Crippen LogP contribution in [0.1, 0.15) is 37.7 Å². The zero-order valence-electron chi connectivity index (χ0n) is 11.5. The normalized spacial score (nSPS) is 28.5. The maximum Gasteiger partial charge on any atom is 0.165 e. The van der Waals surface area contributed by atoms with E-state index in [1.807, 2.05) is 6.07 Å². The minimum absolute atomic E-state index is 0.258. The fourth-order valence-corrected chi connectivity index (χ4v) is 3.80. The lowest BCUT2D eigenvalue weighted by molar-refractivity contribution is 0.295. The molecule has 1 N–H and O–H groups in total. The van der Waals surface area contributed by atoms with E-state index in [1.54, 1.807) is 0 Å². The Hall–Kier alpha value is -1.09. The van der Waals surface area contributed by atoms with Gasteiger partial charge in [0.15, 0.2) is 11.6 Å². The van der Waals surface area contributed by atoms with E-state index < -0.39 is 5.82 Å². The minimum atomic E-state index is -0.511. The summed E-state index contributed by atoms with van der Waals surface area (Å²) >= 11 is 0. The van der Waals surface area contributed by atoms with Gasteiger partial charge in [-0.2, -0.15) is 0 Å². The molecule has 104 valence electrons. The highest BCUT2D eigenvalue weighted by Gasteiger charge is 2.36. The molecule has 1 heterocycles. The fraction of sp³-hybridized carbons (Fsp3) is 0.625. The molecule has 3 heteroatoms. The first kappa shape index (κ1) is 12.9. The summed E-state index contributed by atoms with van der Waals surface area (Å²) in [6.45, 7) is 5.57. The molecule has 1 aromatic rings. The van der Waals surface area contributed by atoms with Crippen LogP contribution in [-0.4, -0.2) is 29.6 Å². The second-order valence-electron chi connectivity index (χ2n) is 6.28. The monoisotopic (exact) mass is 263 g/mol. The molecule has 0 aromatic heterocycles. The second-order valence-corrected chi connectivity index (χ2v) is 6.28. The first-order valence-corrected chi connectivity index (χ1v) is 7.34. The van der Waals surface area contributed by atoms with Crippen LogP contribution in [0.4, 0.5) is 4.39 Å². The molecular formula is C16H22FNO. The largest absolute Gasteiger partial charge is 0.505 e. The van der Waals surface area contributed by atoms with Crippen LogP contribution in [0.3, 0.4) is 0 Å². The molecule has 1 saturated carbocycles. The highest BCUT2D eigenvalue weighted by Crippen LogP contribution is 2.38. The number of hydrogen-bond acceptors (Lipinski definition) is 2. The first-order valence-electron chi connectivity index (χ1n) is 7.34. The Labute approximate surface area is 114 Å². The molecule has 2 nitrogen and oxygen atoms in total. The van der Waals surface area contributed by atoms with E-state index in [-0.39, 0.29) is 5.75 Å². The molecular weight excluding hydrogens is 241 g/mol. The smallest absolute Gasteiger partial charge is 0.165 e. The van der Waals surface area contributed by atoms with E-state index in [0.717, 1.165) is 23.9 Å². The number of halogens is 1. The summed E-state index contributed by atoms with van der Waals surface area (Å²) in [5.41, 5.74) is 0.979. The summed E-state index contributed by atoms with van der Waals surface area (Å²) in [6, 6.07) is 4.76. The standard InChI is InChI=1S/C16H22FNO/c1-11(12-5-6-16(19)15(17)7-12)8-18-9-13-3-2-4-14(13)10-18/h5-7,11,13-14,19H,2-4,8-10H2,1H3/t11?,13-,14?/m1/s1. The molecule has 1 aliphatic heterocycles. The molecule has 0 spiro atoms. The van der Waals surface area contributed by atoms with Gasteiger partial charge in [-0.25, -0.2) is 4.39 Å². The van der Waals surface area contributed by atoms with Crippen molar-refractivity contribution in [3.8, 4) is 5.75 Å². The van der Waals surface area contributed by atoms with Crippen molar-refractivity contribution >= 4 is 0 Å². The lowest BCUT2D eigenvalue weighted by atomic mass is 10.0. The molecule has 0 radical (unpaired) electrons. The third-order valence-corrected chi connectivity index (χ3v) is 4.87. The van der Waals surface area contributed by atoms with Gasteiger partial charge in [0.1, 0.15) is 0 Å². The van der Waals surface area contributed by atoms with E-state index in [4.69, 9.17) is 0 Å². The van der Waals surface area contributed by atoms with E-state index >= 15 is 0 Å². The first-order chi connectivity index (χ1) is 9.13. The van der Waals surface area contributed by atoms with Crippen molar-refractivity contribution < 1.29 is 9.50 Å². The number of hydrogen-bond donors (Lipinski definition) is 1. The lowest BCUT2D eigenvalue weighted by Gasteiger charge is -2.22. The van der Waals surface area contributed by atoms with Crippen molar-refractivity contribution in [1.29, 1.82) is 0 Å².